The van der Waals surface area contributed by atoms with E-state index in [1.54, 1.807) is 0 Å². The van der Waals surface area contributed by atoms with Crippen LogP contribution < -0.4 is 0 Å². The lowest BCUT2D eigenvalue weighted by Gasteiger charge is -2.44. The van der Waals surface area contributed by atoms with Crippen LogP contribution in [0.3, 0.4) is 0 Å². The van der Waals surface area contributed by atoms with Gasteiger partial charge < -0.3 is 19.4 Å². The highest BCUT2D eigenvalue weighted by atomic mass is 28.4. The molecule has 0 spiro atoms. The lowest BCUT2D eigenvalue weighted by Crippen LogP contribution is -2.55. The minimum absolute atomic E-state index is 0.0995. The fraction of sp³-hybridized carbons (Fsp3) is 0.632. The summed E-state index contributed by atoms with van der Waals surface area (Å²) in [5.41, 5.74) is -1.65. The van der Waals surface area contributed by atoms with E-state index in [-0.39, 0.29) is 17.0 Å². The largest absolute Gasteiger partial charge is 0.456 e. The molecule has 172 valence electrons. The summed E-state index contributed by atoms with van der Waals surface area (Å²) in [6.45, 7) is 10.2. The Bertz CT molecular complexity index is 836. The van der Waals surface area contributed by atoms with Crippen molar-refractivity contribution in [3.05, 3.63) is 44.0 Å². The average Bonchev–Trinajstić information content (AvgIpc) is 2.66. The van der Waals surface area contributed by atoms with Crippen LogP contribution in [0.1, 0.15) is 44.0 Å². The number of nitrogens with zero attached hydrogens (tertiary/aromatic N) is 2. The number of hydrogen-bond donors (Lipinski definition) is 2. The molecule has 0 radical (unpaired) electrons. The lowest BCUT2D eigenvalue weighted by atomic mass is 9.89. The van der Waals surface area contributed by atoms with Crippen molar-refractivity contribution in [3.63, 3.8) is 0 Å². The molecule has 2 N–H and O–H groups in total. The van der Waals surface area contributed by atoms with Gasteiger partial charge in [0.2, 0.25) is 0 Å². The molecule has 0 heterocycles. The van der Waals surface area contributed by atoms with E-state index < -0.39 is 59.9 Å². The van der Waals surface area contributed by atoms with E-state index in [4.69, 9.17) is 9.16 Å². The van der Waals surface area contributed by atoms with Crippen molar-refractivity contribution >= 4 is 25.7 Å². The van der Waals surface area contributed by atoms with Crippen LogP contribution in [0, 0.1) is 20.2 Å². The van der Waals surface area contributed by atoms with Crippen LogP contribution >= 0.6 is 0 Å². The Balaban J connectivity index is 2.14. The SMILES string of the molecule is CC(C)(C)[Si](C)(C)O[C@H]1CC[C@H](OC(=O)c2cc([N+](=O)[O-])cc([N+](=O)[O-])c2)[C@@H](O)[C@H]1O. The molecule has 12 heteroatoms. The Hall–Kier alpha value is -2.41. The number of aliphatic hydroxyl groups is 2. The first kappa shape index (κ1) is 24.9. The van der Waals surface area contributed by atoms with E-state index >= 15 is 0 Å². The molecular weight excluding hydrogens is 428 g/mol. The normalized spacial score (nSPS) is 24.5. The molecule has 0 aromatic heterocycles. The maximum absolute atomic E-state index is 12.5. The smallest absolute Gasteiger partial charge is 0.339 e. The van der Waals surface area contributed by atoms with Crippen molar-refractivity contribution in [1.82, 2.24) is 0 Å². The molecule has 1 aromatic carbocycles. The number of nitro groups is 2. The Morgan fingerprint density at radius 1 is 1.00 bits per heavy atom. The number of hydrogen-bond acceptors (Lipinski definition) is 9. The highest BCUT2D eigenvalue weighted by molar-refractivity contribution is 6.74. The molecule has 31 heavy (non-hydrogen) atoms. The molecule has 0 unspecified atom stereocenters. The summed E-state index contributed by atoms with van der Waals surface area (Å²) in [4.78, 5) is 32.8. The molecule has 0 saturated heterocycles. The molecule has 1 aromatic rings. The van der Waals surface area contributed by atoms with Crippen LogP contribution in [-0.2, 0) is 9.16 Å². The van der Waals surface area contributed by atoms with E-state index in [1.165, 1.54) is 0 Å². The van der Waals surface area contributed by atoms with Crippen molar-refractivity contribution in [2.24, 2.45) is 0 Å². The summed E-state index contributed by atoms with van der Waals surface area (Å²) in [5.74, 6) is -1.06. The second-order valence-corrected chi connectivity index (χ2v) is 13.9. The fourth-order valence-corrected chi connectivity index (χ4v) is 4.42. The Morgan fingerprint density at radius 2 is 1.45 bits per heavy atom. The topological polar surface area (TPSA) is 162 Å². The summed E-state index contributed by atoms with van der Waals surface area (Å²) >= 11 is 0. The van der Waals surface area contributed by atoms with E-state index in [0.29, 0.717) is 6.42 Å². The minimum atomic E-state index is -2.21. The molecule has 0 bridgehead atoms. The number of carbonyl (C=O) groups excluding carboxylic acids is 1. The van der Waals surface area contributed by atoms with Crippen LogP contribution in [0.4, 0.5) is 11.4 Å². The van der Waals surface area contributed by atoms with Gasteiger partial charge in [0.25, 0.3) is 11.4 Å². The Labute approximate surface area is 180 Å². The lowest BCUT2D eigenvalue weighted by molar-refractivity contribution is -0.394. The maximum atomic E-state index is 12.5. The minimum Gasteiger partial charge on any atom is -0.456 e. The summed E-state index contributed by atoms with van der Waals surface area (Å²) in [6.07, 6.45) is -3.90. The van der Waals surface area contributed by atoms with Gasteiger partial charge >= 0.3 is 5.97 Å². The van der Waals surface area contributed by atoms with Crippen molar-refractivity contribution in [1.29, 1.82) is 0 Å². The third-order valence-electron chi connectivity index (χ3n) is 5.92. The van der Waals surface area contributed by atoms with Gasteiger partial charge in [0.15, 0.2) is 8.32 Å². The van der Waals surface area contributed by atoms with Crippen molar-refractivity contribution < 1.29 is 34.0 Å². The predicted molar refractivity (Wildman–Crippen MR) is 112 cm³/mol. The standard InChI is InChI=1S/C19H28N2O9Si/c1-19(2,3)31(4,5)30-15-7-6-14(16(22)17(15)23)29-18(24)11-8-12(20(25)26)10-13(9-11)21(27)28/h8-10,14-17,22-23H,6-7H2,1-5H3/t14-,15-,16+,17-/m0/s1. The zero-order valence-corrected chi connectivity index (χ0v) is 19.1. The summed E-state index contributed by atoms with van der Waals surface area (Å²) in [6, 6.07) is 2.47. The van der Waals surface area contributed by atoms with Gasteiger partial charge in [-0.25, -0.2) is 4.79 Å². The van der Waals surface area contributed by atoms with Crippen LogP contribution in [0.15, 0.2) is 18.2 Å². The van der Waals surface area contributed by atoms with Crippen LogP contribution in [0.25, 0.3) is 0 Å². The summed E-state index contributed by atoms with van der Waals surface area (Å²) in [7, 11) is -2.21. The number of nitro benzene ring substituents is 2. The first-order valence-electron chi connectivity index (χ1n) is 9.83. The van der Waals surface area contributed by atoms with E-state index in [9.17, 15) is 35.2 Å². The number of ether oxygens (including phenoxy) is 1. The third-order valence-corrected chi connectivity index (χ3v) is 10.4. The molecule has 4 atom stereocenters. The van der Waals surface area contributed by atoms with Gasteiger partial charge in [0, 0.05) is 12.1 Å². The van der Waals surface area contributed by atoms with Crippen LogP contribution in [-0.4, -0.2) is 58.8 Å². The average molecular weight is 457 g/mol. The van der Waals surface area contributed by atoms with Gasteiger partial charge in [-0.2, -0.15) is 0 Å². The molecular formula is C19H28N2O9Si. The van der Waals surface area contributed by atoms with Crippen molar-refractivity contribution in [3.8, 4) is 0 Å². The molecule has 0 amide bonds. The van der Waals surface area contributed by atoms with E-state index in [0.717, 1.165) is 18.2 Å². The summed E-state index contributed by atoms with van der Waals surface area (Å²) in [5, 5.41) is 42.9. The monoisotopic (exact) mass is 456 g/mol. The van der Waals surface area contributed by atoms with Crippen molar-refractivity contribution in [2.75, 3.05) is 0 Å². The van der Waals surface area contributed by atoms with Gasteiger partial charge in [0.1, 0.15) is 18.3 Å². The molecule has 1 fully saturated rings. The Kier molecular flexibility index (Phi) is 7.20. The van der Waals surface area contributed by atoms with Crippen LogP contribution in [0.5, 0.6) is 0 Å². The Morgan fingerprint density at radius 3 is 1.90 bits per heavy atom. The first-order valence-corrected chi connectivity index (χ1v) is 12.7. The molecule has 1 aliphatic rings. The molecule has 0 aliphatic heterocycles. The zero-order valence-electron chi connectivity index (χ0n) is 18.1. The van der Waals surface area contributed by atoms with E-state index in [1.807, 2.05) is 33.9 Å². The number of non-ortho nitro benzene ring substituents is 2. The number of carbonyl (C=O) groups is 1. The quantitative estimate of drug-likeness (QED) is 0.283. The highest BCUT2D eigenvalue weighted by Gasteiger charge is 2.46. The molecule has 1 aliphatic carbocycles. The second kappa shape index (κ2) is 8.98. The van der Waals surface area contributed by atoms with Gasteiger partial charge in [-0.15, -0.1) is 0 Å². The van der Waals surface area contributed by atoms with Crippen molar-refractivity contribution in [2.45, 2.75) is 76.2 Å². The number of benzene rings is 1. The molecule has 2 rings (SSSR count). The maximum Gasteiger partial charge on any atom is 0.339 e. The molecule has 11 nitrogen and oxygen atoms in total. The van der Waals surface area contributed by atoms with Gasteiger partial charge in [-0.05, 0) is 31.0 Å². The zero-order chi connectivity index (χ0) is 23.7. The second-order valence-electron chi connectivity index (χ2n) is 9.17. The number of rotatable bonds is 6. The predicted octanol–water partition coefficient (Wildman–Crippen LogP) is 2.93. The van der Waals surface area contributed by atoms with Gasteiger partial charge in [0.05, 0.1) is 27.6 Å². The fourth-order valence-electron chi connectivity index (χ4n) is 3.05. The number of esters is 1. The summed E-state index contributed by atoms with van der Waals surface area (Å²) < 4.78 is 11.4. The van der Waals surface area contributed by atoms with Gasteiger partial charge in [-0.3, -0.25) is 20.2 Å². The number of aliphatic hydroxyl groups excluding tert-OH is 2. The van der Waals surface area contributed by atoms with Gasteiger partial charge in [-0.1, -0.05) is 20.8 Å². The third kappa shape index (κ3) is 5.64. The first-order chi connectivity index (χ1) is 14.1. The van der Waals surface area contributed by atoms with E-state index in [2.05, 4.69) is 0 Å². The molecule has 1 saturated carbocycles. The van der Waals surface area contributed by atoms with Crippen LogP contribution in [0.2, 0.25) is 18.1 Å². The highest BCUT2D eigenvalue weighted by Crippen LogP contribution is 2.39.